The SMILES string of the molecule is Cc1ccc(N(c2cccc3c2c2ccccc2n3-c2ccc(-c3ccccc3)cc2)c2cccc3c2c2ccccc2n3-c2ccc(-c3ccccn3)cc2)cc1. The van der Waals surface area contributed by atoms with Gasteiger partial charge in [0.05, 0.1) is 39.1 Å². The van der Waals surface area contributed by atoms with E-state index in [4.69, 9.17) is 0 Å². The molecule has 0 atom stereocenters. The Labute approximate surface area is 337 Å². The summed E-state index contributed by atoms with van der Waals surface area (Å²) in [5.41, 5.74) is 15.9. The molecule has 0 fully saturated rings. The first-order valence-electron chi connectivity index (χ1n) is 19.8. The predicted octanol–water partition coefficient (Wildman–Crippen LogP) is 14.4. The highest BCUT2D eigenvalue weighted by molar-refractivity contribution is 6.20. The van der Waals surface area contributed by atoms with Crippen LogP contribution in [0.4, 0.5) is 17.1 Å². The molecule has 0 aliphatic heterocycles. The zero-order valence-electron chi connectivity index (χ0n) is 32.0. The summed E-state index contributed by atoms with van der Waals surface area (Å²) in [7, 11) is 0. The van der Waals surface area contributed by atoms with Crippen LogP contribution in [-0.2, 0) is 0 Å². The standard InChI is InChI=1S/C54H38N4/c1-37-24-30-41(31-25-37)58(51-22-11-20-49-53(51)44-15-5-7-18-47(44)56(49)42-32-26-39(27-33-42)38-13-3-2-4-14-38)52-23-12-21-50-54(52)45-16-6-8-19-48(45)57(50)43-34-28-40(29-35-43)46-17-9-10-36-55-46/h2-36H,1H3. The van der Waals surface area contributed by atoms with Crippen LogP contribution in [0.3, 0.4) is 0 Å². The Morgan fingerprint density at radius 2 is 0.862 bits per heavy atom. The summed E-state index contributed by atoms with van der Waals surface area (Å²) >= 11 is 0. The molecule has 4 nitrogen and oxygen atoms in total. The molecule has 3 aromatic heterocycles. The zero-order chi connectivity index (χ0) is 38.6. The molecular weight excluding hydrogens is 705 g/mol. The summed E-state index contributed by atoms with van der Waals surface area (Å²) in [5.74, 6) is 0. The molecule has 0 saturated heterocycles. The lowest BCUT2D eigenvalue weighted by molar-refractivity contribution is 1.18. The third-order valence-electron chi connectivity index (χ3n) is 11.4. The van der Waals surface area contributed by atoms with E-state index in [9.17, 15) is 0 Å². The Morgan fingerprint density at radius 1 is 0.379 bits per heavy atom. The third kappa shape index (κ3) is 5.49. The Hall–Kier alpha value is -7.69. The van der Waals surface area contributed by atoms with E-state index in [1.165, 1.54) is 43.8 Å². The van der Waals surface area contributed by atoms with Crippen molar-refractivity contribution in [3.05, 3.63) is 218 Å². The van der Waals surface area contributed by atoms with Gasteiger partial charge < -0.3 is 14.0 Å². The maximum absolute atomic E-state index is 4.60. The molecule has 0 radical (unpaired) electrons. The van der Waals surface area contributed by atoms with Crippen LogP contribution < -0.4 is 4.90 Å². The molecule has 11 aromatic rings. The van der Waals surface area contributed by atoms with Crippen LogP contribution in [0.25, 0.3) is 77.4 Å². The first-order valence-corrected chi connectivity index (χ1v) is 19.8. The summed E-state index contributed by atoms with van der Waals surface area (Å²) in [6.45, 7) is 2.15. The molecule has 0 unspecified atom stereocenters. The van der Waals surface area contributed by atoms with Gasteiger partial charge in [-0.25, -0.2) is 0 Å². The van der Waals surface area contributed by atoms with Crippen LogP contribution in [0.2, 0.25) is 0 Å². The van der Waals surface area contributed by atoms with Gasteiger partial charge in [-0.3, -0.25) is 4.98 Å². The monoisotopic (exact) mass is 742 g/mol. The van der Waals surface area contributed by atoms with Crippen molar-refractivity contribution < 1.29 is 0 Å². The quantitative estimate of drug-likeness (QED) is 0.162. The van der Waals surface area contributed by atoms with Crippen molar-refractivity contribution in [3.8, 4) is 33.8 Å². The van der Waals surface area contributed by atoms with E-state index >= 15 is 0 Å². The van der Waals surface area contributed by atoms with Gasteiger partial charge in [0.25, 0.3) is 0 Å². The van der Waals surface area contributed by atoms with Gasteiger partial charge in [0, 0.05) is 50.4 Å². The molecule has 4 heteroatoms. The Balaban J connectivity index is 1.15. The molecule has 11 rings (SSSR count). The van der Waals surface area contributed by atoms with Gasteiger partial charge in [-0.1, -0.05) is 127 Å². The largest absolute Gasteiger partial charge is 0.309 e. The van der Waals surface area contributed by atoms with Crippen molar-refractivity contribution >= 4 is 60.7 Å². The van der Waals surface area contributed by atoms with Gasteiger partial charge in [0.2, 0.25) is 0 Å². The molecule has 0 amide bonds. The molecule has 58 heavy (non-hydrogen) atoms. The topological polar surface area (TPSA) is 26.0 Å². The van der Waals surface area contributed by atoms with Crippen LogP contribution in [0, 0.1) is 6.92 Å². The lowest BCUT2D eigenvalue weighted by Gasteiger charge is -2.27. The highest BCUT2D eigenvalue weighted by atomic mass is 15.2. The minimum Gasteiger partial charge on any atom is -0.309 e. The number of fused-ring (bicyclic) bond motifs is 6. The molecule has 8 aromatic carbocycles. The number of aromatic nitrogens is 3. The van der Waals surface area contributed by atoms with Crippen molar-refractivity contribution in [3.63, 3.8) is 0 Å². The van der Waals surface area contributed by atoms with Crippen molar-refractivity contribution in [2.45, 2.75) is 6.92 Å². The van der Waals surface area contributed by atoms with Gasteiger partial charge in [-0.05, 0) is 103 Å². The van der Waals surface area contributed by atoms with Crippen LogP contribution in [0.15, 0.2) is 212 Å². The highest BCUT2D eigenvalue weighted by Gasteiger charge is 2.24. The highest BCUT2D eigenvalue weighted by Crippen LogP contribution is 2.48. The van der Waals surface area contributed by atoms with Gasteiger partial charge in [-0.2, -0.15) is 0 Å². The number of pyridine rings is 1. The fourth-order valence-electron chi connectivity index (χ4n) is 8.78. The second kappa shape index (κ2) is 13.8. The average Bonchev–Trinajstić information content (AvgIpc) is 3.82. The maximum atomic E-state index is 4.60. The van der Waals surface area contributed by atoms with E-state index < -0.39 is 0 Å². The maximum Gasteiger partial charge on any atom is 0.0701 e. The van der Waals surface area contributed by atoms with Gasteiger partial charge >= 0.3 is 0 Å². The average molecular weight is 743 g/mol. The number of nitrogens with zero attached hydrogens (tertiary/aromatic N) is 4. The lowest BCUT2D eigenvalue weighted by Crippen LogP contribution is -2.11. The second-order valence-corrected chi connectivity index (χ2v) is 14.9. The molecule has 0 spiro atoms. The number of benzene rings is 8. The number of hydrogen-bond donors (Lipinski definition) is 0. The van der Waals surface area contributed by atoms with Crippen LogP contribution in [0.1, 0.15) is 5.56 Å². The van der Waals surface area contributed by atoms with Gasteiger partial charge in [0.1, 0.15) is 0 Å². The number of para-hydroxylation sites is 2. The normalized spacial score (nSPS) is 11.5. The molecule has 0 saturated carbocycles. The van der Waals surface area contributed by atoms with Crippen LogP contribution in [0.5, 0.6) is 0 Å². The van der Waals surface area contributed by atoms with Gasteiger partial charge in [-0.15, -0.1) is 0 Å². The number of hydrogen-bond acceptors (Lipinski definition) is 2. The van der Waals surface area contributed by atoms with Crippen LogP contribution >= 0.6 is 0 Å². The van der Waals surface area contributed by atoms with Crippen molar-refractivity contribution in [1.29, 1.82) is 0 Å². The van der Waals surface area contributed by atoms with Crippen molar-refractivity contribution in [1.82, 2.24) is 14.1 Å². The minimum absolute atomic E-state index is 0.965. The zero-order valence-corrected chi connectivity index (χ0v) is 32.0. The van der Waals surface area contributed by atoms with Crippen LogP contribution in [-0.4, -0.2) is 14.1 Å². The van der Waals surface area contributed by atoms with E-state index in [0.717, 1.165) is 56.2 Å². The Morgan fingerprint density at radius 3 is 1.41 bits per heavy atom. The predicted molar refractivity (Wildman–Crippen MR) is 243 cm³/mol. The summed E-state index contributed by atoms with van der Waals surface area (Å²) in [5, 5.41) is 4.81. The van der Waals surface area contributed by atoms with Gasteiger partial charge in [0.15, 0.2) is 0 Å². The number of aryl methyl sites for hydroxylation is 1. The van der Waals surface area contributed by atoms with E-state index in [2.05, 4.69) is 220 Å². The molecule has 0 aliphatic rings. The fourth-order valence-corrected chi connectivity index (χ4v) is 8.78. The molecule has 0 bridgehead atoms. The summed E-state index contributed by atoms with van der Waals surface area (Å²) < 4.78 is 4.81. The lowest BCUT2D eigenvalue weighted by atomic mass is 10.0. The summed E-state index contributed by atoms with van der Waals surface area (Å²) in [6.07, 6.45) is 1.85. The molecule has 0 aliphatic carbocycles. The molecule has 0 N–H and O–H groups in total. The summed E-state index contributed by atoms with van der Waals surface area (Å²) in [4.78, 5) is 7.07. The van der Waals surface area contributed by atoms with E-state index in [0.29, 0.717) is 0 Å². The van der Waals surface area contributed by atoms with E-state index in [1.807, 2.05) is 18.3 Å². The number of rotatable bonds is 7. The second-order valence-electron chi connectivity index (χ2n) is 14.9. The Bertz CT molecular complexity index is 3050. The molecular formula is C54H38N4. The van der Waals surface area contributed by atoms with E-state index in [-0.39, 0.29) is 0 Å². The fraction of sp³-hybridized carbons (Fsp3) is 0.0185. The molecule has 3 heterocycles. The first-order chi connectivity index (χ1) is 28.7. The van der Waals surface area contributed by atoms with Crippen molar-refractivity contribution in [2.75, 3.05) is 4.90 Å². The van der Waals surface area contributed by atoms with E-state index in [1.54, 1.807) is 0 Å². The minimum atomic E-state index is 0.965. The Kier molecular flexibility index (Phi) is 8.00. The third-order valence-corrected chi connectivity index (χ3v) is 11.4. The summed E-state index contributed by atoms with van der Waals surface area (Å²) in [6, 6.07) is 74.4. The van der Waals surface area contributed by atoms with Crippen molar-refractivity contribution in [2.24, 2.45) is 0 Å². The molecule has 274 valence electrons. The number of anilines is 3. The first kappa shape index (κ1) is 33.6. The smallest absolute Gasteiger partial charge is 0.0701 e.